The van der Waals surface area contributed by atoms with E-state index in [1.54, 1.807) is 77.8 Å². The first-order valence-corrected chi connectivity index (χ1v) is 15.2. The molecule has 0 spiro atoms. The third-order valence-electron chi connectivity index (χ3n) is 7.98. The summed E-state index contributed by atoms with van der Waals surface area (Å²) in [5, 5.41) is 24.4. The molecule has 1 unspecified atom stereocenters. The number of nitriles is 1. The fraction of sp³-hybridized carbons (Fsp3) is 0.222. The van der Waals surface area contributed by atoms with Gasteiger partial charge in [0.25, 0.3) is 17.7 Å². The molecule has 1 aliphatic heterocycles. The van der Waals surface area contributed by atoms with Gasteiger partial charge in [-0.05, 0) is 73.5 Å². The average Bonchev–Trinajstić information content (AvgIpc) is 3.34. The van der Waals surface area contributed by atoms with Crippen molar-refractivity contribution < 1.29 is 24.3 Å². The standard InChI is InChI=1S/C36H34N6O5/c1-24-5-9-26(10-6-24)30(21-33(43)44)39-34(45)28-13-14-32(31(20-28)40-35(46)29-4-2-15-38-23-29)41-16-3-17-42(19-18-41)36(47)27-11-7-25(22-37)8-12-27/h2,4-15,20,23,30H,3,16-19,21H2,1H3,(H,39,45)(H,40,46)(H,43,44). The maximum Gasteiger partial charge on any atom is 0.305 e. The van der Waals surface area contributed by atoms with Crippen molar-refractivity contribution in [1.82, 2.24) is 15.2 Å². The Hall–Kier alpha value is -6.02. The number of carboxylic acids is 1. The van der Waals surface area contributed by atoms with Gasteiger partial charge in [0, 0.05) is 49.7 Å². The third kappa shape index (κ3) is 8.18. The van der Waals surface area contributed by atoms with E-state index in [0.29, 0.717) is 66.2 Å². The van der Waals surface area contributed by atoms with Crippen molar-refractivity contribution in [3.8, 4) is 6.07 Å². The number of nitrogens with one attached hydrogen (secondary N) is 2. The number of aliphatic carboxylic acids is 1. The Bertz CT molecular complexity index is 1800. The number of benzene rings is 3. The second-order valence-corrected chi connectivity index (χ2v) is 11.3. The first kappa shape index (κ1) is 32.4. The van der Waals surface area contributed by atoms with Crippen LogP contribution in [0.2, 0.25) is 0 Å². The molecule has 47 heavy (non-hydrogen) atoms. The molecule has 5 rings (SSSR count). The van der Waals surface area contributed by atoms with E-state index in [4.69, 9.17) is 5.26 Å². The van der Waals surface area contributed by atoms with Crippen LogP contribution in [0.3, 0.4) is 0 Å². The molecule has 2 heterocycles. The number of aryl methyl sites for hydroxylation is 1. The molecule has 0 aliphatic carbocycles. The van der Waals surface area contributed by atoms with Gasteiger partial charge in [-0.2, -0.15) is 5.26 Å². The molecule has 238 valence electrons. The topological polar surface area (TPSA) is 156 Å². The number of aromatic nitrogens is 1. The minimum Gasteiger partial charge on any atom is -0.481 e. The van der Waals surface area contributed by atoms with Crippen LogP contribution in [-0.4, -0.2) is 64.9 Å². The monoisotopic (exact) mass is 630 g/mol. The molecule has 0 radical (unpaired) electrons. The molecule has 0 saturated carbocycles. The number of pyridine rings is 1. The molecular weight excluding hydrogens is 596 g/mol. The number of carboxylic acid groups (broad SMARTS) is 1. The lowest BCUT2D eigenvalue weighted by Gasteiger charge is -2.27. The SMILES string of the molecule is Cc1ccc(C(CC(=O)O)NC(=O)c2ccc(N3CCCN(C(=O)c4ccc(C#N)cc4)CC3)c(NC(=O)c3cccnc3)c2)cc1. The number of rotatable bonds is 9. The lowest BCUT2D eigenvalue weighted by atomic mass is 10.0. The molecule has 4 aromatic rings. The molecular formula is C36H34N6O5. The first-order chi connectivity index (χ1) is 22.7. The fourth-order valence-electron chi connectivity index (χ4n) is 5.44. The van der Waals surface area contributed by atoms with E-state index in [1.807, 2.05) is 19.1 Å². The summed E-state index contributed by atoms with van der Waals surface area (Å²) < 4.78 is 0. The highest BCUT2D eigenvalue weighted by molar-refractivity contribution is 6.07. The highest BCUT2D eigenvalue weighted by Crippen LogP contribution is 2.30. The number of carbonyl (C=O) groups is 4. The number of carbonyl (C=O) groups excluding carboxylic acids is 3. The summed E-state index contributed by atoms with van der Waals surface area (Å²) in [5.74, 6) is -2.08. The van der Waals surface area contributed by atoms with Crippen molar-refractivity contribution in [1.29, 1.82) is 5.26 Å². The molecule has 3 N–H and O–H groups in total. The number of anilines is 2. The zero-order valence-corrected chi connectivity index (χ0v) is 25.8. The van der Waals surface area contributed by atoms with Crippen molar-refractivity contribution in [2.45, 2.75) is 25.8 Å². The Kier molecular flexibility index (Phi) is 10.2. The van der Waals surface area contributed by atoms with Gasteiger partial charge in [-0.3, -0.25) is 24.2 Å². The van der Waals surface area contributed by atoms with Gasteiger partial charge in [0.05, 0.1) is 41.0 Å². The van der Waals surface area contributed by atoms with E-state index in [0.717, 1.165) is 5.56 Å². The van der Waals surface area contributed by atoms with E-state index in [-0.39, 0.29) is 17.9 Å². The largest absolute Gasteiger partial charge is 0.481 e. The van der Waals surface area contributed by atoms with Crippen molar-refractivity contribution in [2.75, 3.05) is 36.4 Å². The molecule has 1 aliphatic rings. The summed E-state index contributed by atoms with van der Waals surface area (Å²) >= 11 is 0. The highest BCUT2D eigenvalue weighted by Gasteiger charge is 2.24. The molecule has 1 atom stereocenters. The Morgan fingerprint density at radius 1 is 0.894 bits per heavy atom. The van der Waals surface area contributed by atoms with Crippen molar-refractivity contribution in [3.63, 3.8) is 0 Å². The number of hydrogen-bond donors (Lipinski definition) is 3. The highest BCUT2D eigenvalue weighted by atomic mass is 16.4. The van der Waals surface area contributed by atoms with E-state index >= 15 is 0 Å². The summed E-state index contributed by atoms with van der Waals surface area (Å²) in [5.41, 5.74) is 4.30. The summed E-state index contributed by atoms with van der Waals surface area (Å²) in [6.07, 6.45) is 3.37. The number of hydrogen-bond acceptors (Lipinski definition) is 7. The van der Waals surface area contributed by atoms with Crippen LogP contribution in [0.5, 0.6) is 0 Å². The van der Waals surface area contributed by atoms with Crippen LogP contribution in [0.15, 0.2) is 91.3 Å². The maximum atomic E-state index is 13.5. The van der Waals surface area contributed by atoms with Gasteiger partial charge in [-0.25, -0.2) is 0 Å². The molecule has 1 aromatic heterocycles. The molecule has 11 heteroatoms. The molecule has 3 amide bonds. The van der Waals surface area contributed by atoms with E-state index in [9.17, 15) is 24.3 Å². The summed E-state index contributed by atoms with van der Waals surface area (Å²) in [4.78, 5) is 59.5. The second kappa shape index (κ2) is 14.8. The van der Waals surface area contributed by atoms with Crippen LogP contribution < -0.4 is 15.5 Å². The van der Waals surface area contributed by atoms with Crippen molar-refractivity contribution >= 4 is 35.1 Å². The van der Waals surface area contributed by atoms with E-state index in [1.165, 1.54) is 6.20 Å². The van der Waals surface area contributed by atoms with Gasteiger partial charge in [-0.15, -0.1) is 0 Å². The summed E-state index contributed by atoms with van der Waals surface area (Å²) in [6.45, 7) is 3.93. The van der Waals surface area contributed by atoms with E-state index < -0.39 is 23.8 Å². The first-order valence-electron chi connectivity index (χ1n) is 15.2. The normalized spacial score (nSPS) is 13.5. The third-order valence-corrected chi connectivity index (χ3v) is 7.98. The van der Waals surface area contributed by atoms with Crippen LogP contribution in [0, 0.1) is 18.3 Å². The lowest BCUT2D eigenvalue weighted by Crippen LogP contribution is -2.35. The Balaban J connectivity index is 1.39. The molecule has 1 saturated heterocycles. The number of amides is 3. The fourth-order valence-corrected chi connectivity index (χ4v) is 5.44. The summed E-state index contributed by atoms with van der Waals surface area (Å²) in [6, 6.07) is 23.4. The minimum atomic E-state index is -1.05. The van der Waals surface area contributed by atoms with Crippen molar-refractivity contribution in [2.24, 2.45) is 0 Å². The smallest absolute Gasteiger partial charge is 0.305 e. The Morgan fingerprint density at radius 3 is 2.32 bits per heavy atom. The molecule has 0 bridgehead atoms. The second-order valence-electron chi connectivity index (χ2n) is 11.3. The predicted octanol–water partition coefficient (Wildman–Crippen LogP) is 4.81. The van der Waals surface area contributed by atoms with Gasteiger partial charge in [0.15, 0.2) is 0 Å². The van der Waals surface area contributed by atoms with Gasteiger partial charge in [0.1, 0.15) is 0 Å². The van der Waals surface area contributed by atoms with Gasteiger partial charge in [-0.1, -0.05) is 29.8 Å². The van der Waals surface area contributed by atoms with Crippen LogP contribution in [0.1, 0.15) is 66.6 Å². The van der Waals surface area contributed by atoms with E-state index in [2.05, 4.69) is 26.6 Å². The van der Waals surface area contributed by atoms with Crippen LogP contribution >= 0.6 is 0 Å². The van der Waals surface area contributed by atoms with Crippen LogP contribution in [-0.2, 0) is 4.79 Å². The van der Waals surface area contributed by atoms with Gasteiger partial charge >= 0.3 is 5.97 Å². The quantitative estimate of drug-likeness (QED) is 0.238. The minimum absolute atomic E-state index is 0.127. The Labute approximate surface area is 272 Å². The van der Waals surface area contributed by atoms with Gasteiger partial charge in [0.2, 0.25) is 0 Å². The predicted molar refractivity (Wildman–Crippen MR) is 176 cm³/mol. The van der Waals surface area contributed by atoms with Crippen molar-refractivity contribution in [3.05, 3.63) is 125 Å². The van der Waals surface area contributed by atoms with Crippen LogP contribution in [0.4, 0.5) is 11.4 Å². The zero-order valence-electron chi connectivity index (χ0n) is 25.8. The summed E-state index contributed by atoms with van der Waals surface area (Å²) in [7, 11) is 0. The molecule has 1 fully saturated rings. The Morgan fingerprint density at radius 2 is 1.64 bits per heavy atom. The maximum absolute atomic E-state index is 13.5. The average molecular weight is 631 g/mol. The molecule has 3 aromatic carbocycles. The van der Waals surface area contributed by atoms with Gasteiger partial charge < -0.3 is 25.5 Å². The number of nitrogens with zero attached hydrogens (tertiary/aromatic N) is 4. The zero-order chi connectivity index (χ0) is 33.3. The van der Waals surface area contributed by atoms with Crippen LogP contribution in [0.25, 0.3) is 0 Å². The lowest BCUT2D eigenvalue weighted by molar-refractivity contribution is -0.137. The molecule has 11 nitrogen and oxygen atoms in total.